The maximum atomic E-state index is 12.1. The summed E-state index contributed by atoms with van der Waals surface area (Å²) in [4.78, 5) is 26.7. The smallest absolute Gasteiger partial charge is 0.422 e. The van der Waals surface area contributed by atoms with E-state index in [1.807, 2.05) is 0 Å². The van der Waals surface area contributed by atoms with Crippen molar-refractivity contribution in [2.45, 2.75) is 25.6 Å². The number of alkyl halides is 3. The molecule has 0 radical (unpaired) electrons. The van der Waals surface area contributed by atoms with E-state index >= 15 is 0 Å². The monoisotopic (exact) mass is 331 g/mol. The van der Waals surface area contributed by atoms with Gasteiger partial charge in [0, 0.05) is 31.8 Å². The Morgan fingerprint density at radius 1 is 1.48 bits per heavy atom. The summed E-state index contributed by atoms with van der Waals surface area (Å²) >= 11 is 0. The van der Waals surface area contributed by atoms with Gasteiger partial charge < -0.3 is 15.4 Å². The number of aromatic nitrogens is 1. The summed E-state index contributed by atoms with van der Waals surface area (Å²) in [7, 11) is 0. The van der Waals surface area contributed by atoms with Gasteiger partial charge in [-0.2, -0.15) is 13.2 Å². The molecule has 2 rings (SSSR count). The number of amides is 2. The number of nitrogens with zero attached hydrogens (tertiary/aromatic N) is 1. The Morgan fingerprint density at radius 3 is 2.91 bits per heavy atom. The lowest BCUT2D eigenvalue weighted by atomic mass is 9.98. The molecule has 1 aliphatic heterocycles. The number of pyridine rings is 1. The third-order valence-corrected chi connectivity index (χ3v) is 3.29. The van der Waals surface area contributed by atoms with E-state index < -0.39 is 12.8 Å². The van der Waals surface area contributed by atoms with Crippen LogP contribution in [0, 0.1) is 5.92 Å². The van der Waals surface area contributed by atoms with E-state index in [2.05, 4.69) is 20.4 Å². The molecule has 0 bridgehead atoms. The van der Waals surface area contributed by atoms with E-state index in [9.17, 15) is 22.8 Å². The minimum atomic E-state index is -4.43. The number of hydrogen-bond acceptors (Lipinski definition) is 4. The van der Waals surface area contributed by atoms with E-state index in [-0.39, 0.29) is 30.2 Å². The van der Waals surface area contributed by atoms with Crippen molar-refractivity contribution in [2.75, 3.05) is 13.2 Å². The Morgan fingerprint density at radius 2 is 2.26 bits per heavy atom. The molecule has 1 unspecified atom stereocenters. The predicted octanol–water partition coefficient (Wildman–Crippen LogP) is 1.17. The number of hydrogen-bond donors (Lipinski definition) is 2. The molecule has 1 saturated heterocycles. The molecule has 1 aromatic heterocycles. The highest BCUT2D eigenvalue weighted by atomic mass is 19.4. The van der Waals surface area contributed by atoms with E-state index in [0.717, 1.165) is 0 Å². The average Bonchev–Trinajstić information content (AvgIpc) is 2.51. The van der Waals surface area contributed by atoms with E-state index in [1.165, 1.54) is 12.3 Å². The van der Waals surface area contributed by atoms with Crippen LogP contribution in [-0.2, 0) is 16.1 Å². The zero-order valence-corrected chi connectivity index (χ0v) is 12.2. The summed E-state index contributed by atoms with van der Waals surface area (Å²) in [6, 6.07) is 2.91. The van der Waals surface area contributed by atoms with Crippen molar-refractivity contribution in [2.24, 2.45) is 5.92 Å². The van der Waals surface area contributed by atoms with Crippen LogP contribution in [0.2, 0.25) is 0 Å². The number of nitrogens with one attached hydrogen (secondary N) is 2. The fraction of sp³-hybridized carbons (Fsp3) is 0.500. The highest BCUT2D eigenvalue weighted by Gasteiger charge is 2.28. The molecule has 2 heterocycles. The highest BCUT2D eigenvalue weighted by Crippen LogP contribution is 2.17. The average molecular weight is 331 g/mol. The van der Waals surface area contributed by atoms with Crippen LogP contribution in [0.3, 0.4) is 0 Å². The van der Waals surface area contributed by atoms with Crippen molar-refractivity contribution < 1.29 is 27.5 Å². The van der Waals surface area contributed by atoms with Gasteiger partial charge in [-0.15, -0.1) is 0 Å². The Kier molecular flexibility index (Phi) is 5.41. The van der Waals surface area contributed by atoms with Gasteiger partial charge in [0.15, 0.2) is 6.61 Å². The lowest BCUT2D eigenvalue weighted by molar-refractivity contribution is -0.154. The van der Waals surface area contributed by atoms with Crippen LogP contribution in [0.25, 0.3) is 0 Å². The van der Waals surface area contributed by atoms with Crippen molar-refractivity contribution in [1.82, 2.24) is 15.6 Å². The van der Waals surface area contributed by atoms with Crippen LogP contribution in [0.4, 0.5) is 13.2 Å². The molecule has 6 nitrogen and oxygen atoms in total. The fourth-order valence-corrected chi connectivity index (χ4v) is 2.09. The van der Waals surface area contributed by atoms with Gasteiger partial charge >= 0.3 is 6.18 Å². The Hall–Kier alpha value is -2.32. The van der Waals surface area contributed by atoms with Gasteiger partial charge in [0.1, 0.15) is 0 Å². The minimum Gasteiger partial charge on any atom is -0.468 e. The molecule has 2 N–H and O–H groups in total. The largest absolute Gasteiger partial charge is 0.468 e. The number of rotatable bonds is 5. The first-order valence-electron chi connectivity index (χ1n) is 7.02. The number of ether oxygens (including phenoxy) is 1. The molecule has 1 aliphatic rings. The molecule has 23 heavy (non-hydrogen) atoms. The fourth-order valence-electron chi connectivity index (χ4n) is 2.09. The summed E-state index contributed by atoms with van der Waals surface area (Å²) in [6.07, 6.45) is -2.33. The van der Waals surface area contributed by atoms with E-state index in [0.29, 0.717) is 24.9 Å². The van der Waals surface area contributed by atoms with E-state index in [1.54, 1.807) is 6.07 Å². The van der Waals surface area contributed by atoms with Crippen LogP contribution < -0.4 is 15.4 Å². The Labute approximate surface area is 130 Å². The number of carbonyl (C=O) groups is 2. The first kappa shape index (κ1) is 17.0. The topological polar surface area (TPSA) is 80.3 Å². The van der Waals surface area contributed by atoms with Gasteiger partial charge in [-0.1, -0.05) is 0 Å². The zero-order chi connectivity index (χ0) is 16.9. The lowest BCUT2D eigenvalue weighted by Crippen LogP contribution is -2.42. The summed E-state index contributed by atoms with van der Waals surface area (Å²) in [5.41, 5.74) is 0.574. The third kappa shape index (κ3) is 5.76. The molecule has 0 aliphatic carbocycles. The lowest BCUT2D eigenvalue weighted by Gasteiger charge is -2.21. The van der Waals surface area contributed by atoms with Crippen molar-refractivity contribution in [3.05, 3.63) is 23.9 Å². The van der Waals surface area contributed by atoms with Crippen molar-refractivity contribution in [3.63, 3.8) is 0 Å². The normalized spacial score (nSPS) is 18.2. The highest BCUT2D eigenvalue weighted by molar-refractivity contribution is 5.83. The van der Waals surface area contributed by atoms with Crippen LogP contribution in [0.15, 0.2) is 18.3 Å². The van der Waals surface area contributed by atoms with Gasteiger partial charge in [0.25, 0.3) is 0 Å². The Bertz CT molecular complexity index is 568. The molecule has 0 aromatic carbocycles. The minimum absolute atomic E-state index is 0.0744. The first-order chi connectivity index (χ1) is 10.8. The van der Waals surface area contributed by atoms with Crippen LogP contribution in [-0.4, -0.2) is 36.1 Å². The number of piperidine rings is 1. The third-order valence-electron chi connectivity index (χ3n) is 3.29. The molecule has 1 atom stereocenters. The van der Waals surface area contributed by atoms with Crippen molar-refractivity contribution in [1.29, 1.82) is 0 Å². The van der Waals surface area contributed by atoms with Gasteiger partial charge in [0.2, 0.25) is 17.7 Å². The summed E-state index contributed by atoms with van der Waals surface area (Å²) in [6.45, 7) is -0.979. The predicted molar refractivity (Wildman–Crippen MR) is 73.4 cm³/mol. The second-order valence-electron chi connectivity index (χ2n) is 5.16. The molecule has 126 valence electrons. The molecule has 0 spiro atoms. The van der Waals surface area contributed by atoms with Gasteiger partial charge in [-0.05, 0) is 18.1 Å². The maximum absolute atomic E-state index is 12.1. The molecule has 9 heteroatoms. The first-order valence-corrected chi connectivity index (χ1v) is 7.02. The zero-order valence-electron chi connectivity index (χ0n) is 12.2. The van der Waals surface area contributed by atoms with Gasteiger partial charge in [0.05, 0.1) is 5.92 Å². The maximum Gasteiger partial charge on any atom is 0.422 e. The van der Waals surface area contributed by atoms with Gasteiger partial charge in [-0.3, -0.25) is 9.59 Å². The second kappa shape index (κ2) is 7.30. The number of carbonyl (C=O) groups excluding carboxylic acids is 2. The molecular weight excluding hydrogens is 315 g/mol. The molecule has 1 aromatic rings. The van der Waals surface area contributed by atoms with Crippen LogP contribution in [0.5, 0.6) is 5.88 Å². The summed E-state index contributed by atoms with van der Waals surface area (Å²) in [5, 5.41) is 5.30. The van der Waals surface area contributed by atoms with E-state index in [4.69, 9.17) is 0 Å². The Balaban J connectivity index is 1.83. The van der Waals surface area contributed by atoms with Crippen molar-refractivity contribution in [3.8, 4) is 5.88 Å². The van der Waals surface area contributed by atoms with Crippen molar-refractivity contribution >= 4 is 11.8 Å². The summed E-state index contributed by atoms with van der Waals surface area (Å²) in [5.74, 6) is -0.733. The molecular formula is C14H16F3N3O3. The SMILES string of the molecule is O=C1CCC(C(=O)NCc2ccnc(OCC(F)(F)F)c2)CN1. The molecule has 1 fully saturated rings. The second-order valence-corrected chi connectivity index (χ2v) is 5.16. The quantitative estimate of drug-likeness (QED) is 0.849. The molecule has 2 amide bonds. The molecule has 0 saturated carbocycles. The standard InChI is InChI=1S/C14H16F3N3O3/c15-14(16,17)8-23-12-5-9(3-4-18-12)6-20-13(22)10-1-2-11(21)19-7-10/h3-5,10H,1-2,6-8H2,(H,19,21)(H,20,22). The van der Waals surface area contributed by atoms with Crippen LogP contribution in [0.1, 0.15) is 18.4 Å². The number of halogens is 3. The van der Waals surface area contributed by atoms with Crippen LogP contribution >= 0.6 is 0 Å². The van der Waals surface area contributed by atoms with Gasteiger partial charge in [-0.25, -0.2) is 4.98 Å². The summed E-state index contributed by atoms with van der Waals surface area (Å²) < 4.78 is 40.8.